The fourth-order valence-electron chi connectivity index (χ4n) is 2.36. The van der Waals surface area contributed by atoms with E-state index in [1.165, 1.54) is 36.5 Å². The van der Waals surface area contributed by atoms with Gasteiger partial charge in [-0.3, -0.25) is 15.1 Å². The van der Waals surface area contributed by atoms with E-state index < -0.39 is 10.7 Å². The van der Waals surface area contributed by atoms with Crippen LogP contribution in [0.1, 0.15) is 11.1 Å². The zero-order chi connectivity index (χ0) is 19.2. The van der Waals surface area contributed by atoms with Crippen molar-refractivity contribution in [3.8, 4) is 17.6 Å². The van der Waals surface area contributed by atoms with E-state index >= 15 is 0 Å². The summed E-state index contributed by atoms with van der Waals surface area (Å²) in [4.78, 5) is 14.1. The topological polar surface area (TPSA) is 101 Å². The van der Waals surface area contributed by atoms with Gasteiger partial charge in [-0.2, -0.15) is 5.26 Å². The van der Waals surface area contributed by atoms with Gasteiger partial charge >= 0.3 is 0 Å². The van der Waals surface area contributed by atoms with E-state index in [9.17, 15) is 14.5 Å². The van der Waals surface area contributed by atoms with Crippen molar-refractivity contribution in [3.63, 3.8) is 0 Å². The number of nitro benzene ring substituents is 1. The van der Waals surface area contributed by atoms with Crippen LogP contribution in [0, 0.1) is 27.3 Å². The highest BCUT2D eigenvalue weighted by Crippen LogP contribution is 2.26. The minimum atomic E-state index is -0.568. The van der Waals surface area contributed by atoms with Crippen LogP contribution in [0.3, 0.4) is 0 Å². The number of non-ortho nitro benzene ring substituents is 1. The highest BCUT2D eigenvalue weighted by molar-refractivity contribution is 5.61. The molecule has 0 aliphatic rings. The Morgan fingerprint density at radius 1 is 1.26 bits per heavy atom. The molecule has 3 aromatic rings. The van der Waals surface area contributed by atoms with Gasteiger partial charge in [0.2, 0.25) is 0 Å². The number of nitriles is 1. The van der Waals surface area contributed by atoms with Gasteiger partial charge in [-0.25, -0.2) is 4.39 Å². The van der Waals surface area contributed by atoms with E-state index in [0.717, 1.165) is 0 Å². The van der Waals surface area contributed by atoms with Gasteiger partial charge in [0.15, 0.2) is 11.6 Å². The maximum Gasteiger partial charge on any atom is 0.270 e. The standard InChI is InChI=1S/C19H13FN4O3/c20-17-8-13(3-6-19(17)27-16-2-1-7-22-12-16)11-23-18-5-4-15(24(25)26)9-14(18)10-21/h1-9,12,23H,11H2. The van der Waals surface area contributed by atoms with Crippen LogP contribution in [-0.4, -0.2) is 9.91 Å². The highest BCUT2D eigenvalue weighted by atomic mass is 19.1. The fourth-order valence-corrected chi connectivity index (χ4v) is 2.36. The summed E-state index contributed by atoms with van der Waals surface area (Å²) in [5.74, 6) is -0.0472. The normalized spacial score (nSPS) is 10.1. The zero-order valence-electron chi connectivity index (χ0n) is 13.9. The minimum absolute atomic E-state index is 0.0693. The molecule has 8 heteroatoms. The number of benzene rings is 2. The Kier molecular flexibility index (Phi) is 5.23. The van der Waals surface area contributed by atoms with Gasteiger partial charge in [-0.15, -0.1) is 0 Å². The van der Waals surface area contributed by atoms with E-state index in [4.69, 9.17) is 10.00 Å². The second kappa shape index (κ2) is 7.93. The van der Waals surface area contributed by atoms with Gasteiger partial charge in [0.05, 0.1) is 22.4 Å². The van der Waals surface area contributed by atoms with Gasteiger partial charge in [-0.1, -0.05) is 6.07 Å². The van der Waals surface area contributed by atoms with Crippen molar-refractivity contribution in [2.75, 3.05) is 5.32 Å². The molecule has 0 atom stereocenters. The third-order valence-electron chi connectivity index (χ3n) is 3.68. The molecule has 1 N–H and O–H groups in total. The summed E-state index contributed by atoms with van der Waals surface area (Å²) in [5, 5.41) is 22.9. The third kappa shape index (κ3) is 4.35. The lowest BCUT2D eigenvalue weighted by molar-refractivity contribution is -0.384. The molecule has 0 unspecified atom stereocenters. The minimum Gasteiger partial charge on any atom is -0.453 e. The average molecular weight is 364 g/mol. The number of anilines is 1. The summed E-state index contributed by atoms with van der Waals surface area (Å²) in [6.45, 7) is 0.233. The number of hydrogen-bond acceptors (Lipinski definition) is 6. The van der Waals surface area contributed by atoms with E-state index in [0.29, 0.717) is 17.0 Å². The SMILES string of the molecule is N#Cc1cc([N+](=O)[O-])ccc1NCc1ccc(Oc2cccnc2)c(F)c1. The van der Waals surface area contributed by atoms with Crippen LogP contribution < -0.4 is 10.1 Å². The lowest BCUT2D eigenvalue weighted by Crippen LogP contribution is -2.02. The first kappa shape index (κ1) is 17.8. The van der Waals surface area contributed by atoms with E-state index in [1.54, 1.807) is 24.4 Å². The molecule has 0 aliphatic heterocycles. The summed E-state index contributed by atoms with van der Waals surface area (Å²) >= 11 is 0. The van der Waals surface area contributed by atoms with Gasteiger partial charge in [0.1, 0.15) is 11.8 Å². The maximum absolute atomic E-state index is 14.2. The maximum atomic E-state index is 14.2. The lowest BCUT2D eigenvalue weighted by Gasteiger charge is -2.10. The average Bonchev–Trinajstić information content (AvgIpc) is 2.68. The molecule has 0 aliphatic carbocycles. The van der Waals surface area contributed by atoms with E-state index in [1.807, 2.05) is 6.07 Å². The number of halogens is 1. The van der Waals surface area contributed by atoms with E-state index in [2.05, 4.69) is 10.3 Å². The zero-order valence-corrected chi connectivity index (χ0v) is 13.9. The predicted molar refractivity (Wildman–Crippen MR) is 95.8 cm³/mol. The molecule has 0 fully saturated rings. The van der Waals surface area contributed by atoms with Gasteiger partial charge in [0.25, 0.3) is 5.69 Å². The van der Waals surface area contributed by atoms with Crippen LogP contribution in [0.25, 0.3) is 0 Å². The molecule has 134 valence electrons. The molecule has 0 spiro atoms. The van der Waals surface area contributed by atoms with Crippen molar-refractivity contribution < 1.29 is 14.1 Å². The van der Waals surface area contributed by atoms with Gasteiger partial charge < -0.3 is 10.1 Å². The molecular weight excluding hydrogens is 351 g/mol. The predicted octanol–water partition coefficient (Wildman–Crippen LogP) is 4.40. The second-order valence-corrected chi connectivity index (χ2v) is 5.51. The molecule has 1 aromatic heterocycles. The summed E-state index contributed by atoms with van der Waals surface area (Å²) in [7, 11) is 0. The Balaban J connectivity index is 1.71. The fraction of sp³-hybridized carbons (Fsp3) is 0.0526. The quantitative estimate of drug-likeness (QED) is 0.514. The number of nitrogens with one attached hydrogen (secondary N) is 1. The van der Waals surface area contributed by atoms with Gasteiger partial charge in [-0.05, 0) is 35.9 Å². The van der Waals surface area contributed by atoms with Crippen LogP contribution in [0.2, 0.25) is 0 Å². The molecule has 27 heavy (non-hydrogen) atoms. The van der Waals surface area contributed by atoms with Crippen molar-refractivity contribution in [1.82, 2.24) is 4.98 Å². The number of nitrogens with zero attached hydrogens (tertiary/aromatic N) is 3. The second-order valence-electron chi connectivity index (χ2n) is 5.51. The number of hydrogen-bond donors (Lipinski definition) is 1. The van der Waals surface area contributed by atoms with Crippen LogP contribution in [0.5, 0.6) is 11.5 Å². The van der Waals surface area contributed by atoms with Gasteiger partial charge in [0, 0.05) is 24.9 Å². The van der Waals surface area contributed by atoms with Crippen molar-refractivity contribution in [3.05, 3.63) is 88.0 Å². The van der Waals surface area contributed by atoms with Crippen LogP contribution in [-0.2, 0) is 6.54 Å². The van der Waals surface area contributed by atoms with Crippen molar-refractivity contribution in [2.24, 2.45) is 0 Å². The first-order chi connectivity index (χ1) is 13.1. The van der Waals surface area contributed by atoms with Crippen LogP contribution in [0.15, 0.2) is 60.9 Å². The Hall–Kier alpha value is -3.99. The molecule has 3 rings (SSSR count). The Morgan fingerprint density at radius 2 is 2.11 bits per heavy atom. The number of pyridine rings is 1. The molecule has 0 saturated carbocycles. The monoisotopic (exact) mass is 364 g/mol. The summed E-state index contributed by atoms with van der Waals surface area (Å²) in [6.07, 6.45) is 3.07. The van der Waals surface area contributed by atoms with E-state index in [-0.39, 0.29) is 23.5 Å². The number of nitro groups is 1. The number of ether oxygens (including phenoxy) is 1. The molecule has 2 aromatic carbocycles. The van der Waals surface area contributed by atoms with Crippen molar-refractivity contribution >= 4 is 11.4 Å². The molecule has 1 heterocycles. The molecular formula is C19H13FN4O3. The molecule has 7 nitrogen and oxygen atoms in total. The molecule has 0 saturated heterocycles. The first-order valence-corrected chi connectivity index (χ1v) is 7.85. The van der Waals surface area contributed by atoms with Crippen molar-refractivity contribution in [2.45, 2.75) is 6.54 Å². The third-order valence-corrected chi connectivity index (χ3v) is 3.68. The number of aromatic nitrogens is 1. The van der Waals surface area contributed by atoms with Crippen LogP contribution >= 0.6 is 0 Å². The number of rotatable bonds is 6. The van der Waals surface area contributed by atoms with Crippen LogP contribution in [0.4, 0.5) is 15.8 Å². The molecule has 0 radical (unpaired) electrons. The summed E-state index contributed by atoms with van der Waals surface area (Å²) in [5.41, 5.74) is 1.02. The summed E-state index contributed by atoms with van der Waals surface area (Å²) < 4.78 is 19.7. The molecule has 0 bridgehead atoms. The Labute approximate surface area is 153 Å². The smallest absolute Gasteiger partial charge is 0.270 e. The first-order valence-electron chi connectivity index (χ1n) is 7.85. The summed E-state index contributed by atoms with van der Waals surface area (Å²) in [6, 6.07) is 13.7. The Bertz CT molecular complexity index is 1020. The Morgan fingerprint density at radius 3 is 2.78 bits per heavy atom. The lowest BCUT2D eigenvalue weighted by atomic mass is 10.1. The molecule has 0 amide bonds. The largest absolute Gasteiger partial charge is 0.453 e. The highest BCUT2D eigenvalue weighted by Gasteiger charge is 2.11. The van der Waals surface area contributed by atoms with Crippen molar-refractivity contribution in [1.29, 1.82) is 5.26 Å².